The van der Waals surface area contributed by atoms with Crippen LogP contribution in [0.1, 0.15) is 74.5 Å². The zero-order chi connectivity index (χ0) is 25.9. The summed E-state index contributed by atoms with van der Waals surface area (Å²) in [6.07, 6.45) is 9.74. The van der Waals surface area contributed by atoms with Crippen molar-refractivity contribution in [2.24, 2.45) is 5.92 Å². The molecular formula is C34H42O3. The summed E-state index contributed by atoms with van der Waals surface area (Å²) in [7, 11) is 0. The van der Waals surface area contributed by atoms with Gasteiger partial charge in [-0.2, -0.15) is 0 Å². The Kier molecular flexibility index (Phi) is 10.3. The van der Waals surface area contributed by atoms with Gasteiger partial charge in [-0.15, -0.1) is 6.58 Å². The molecule has 1 aliphatic rings. The van der Waals surface area contributed by atoms with Crippen LogP contribution in [0.2, 0.25) is 0 Å². The van der Waals surface area contributed by atoms with E-state index < -0.39 is 0 Å². The van der Waals surface area contributed by atoms with Crippen LogP contribution in [0.4, 0.5) is 0 Å². The van der Waals surface area contributed by atoms with Crippen LogP contribution >= 0.6 is 0 Å². The van der Waals surface area contributed by atoms with E-state index in [1.54, 1.807) is 0 Å². The number of allylic oxidation sites excluding steroid dienone is 1. The minimum absolute atomic E-state index is 0.116. The highest BCUT2D eigenvalue weighted by Gasteiger charge is 2.30. The average Bonchev–Trinajstić information content (AvgIpc) is 3.10. The van der Waals surface area contributed by atoms with Crippen LogP contribution in [0.25, 0.3) is 0 Å². The third-order valence-electron chi connectivity index (χ3n) is 7.55. The van der Waals surface area contributed by atoms with Gasteiger partial charge in [0.15, 0.2) is 0 Å². The molecule has 4 atom stereocenters. The second-order valence-electron chi connectivity index (χ2n) is 10.5. The van der Waals surface area contributed by atoms with Crippen LogP contribution in [-0.2, 0) is 13.0 Å². The van der Waals surface area contributed by atoms with E-state index in [0.717, 1.165) is 68.4 Å². The molecule has 0 amide bonds. The number of hydrogen-bond acceptors (Lipinski definition) is 3. The molecule has 3 heteroatoms. The molecule has 0 aromatic heterocycles. The van der Waals surface area contributed by atoms with Crippen LogP contribution < -0.4 is 9.47 Å². The molecule has 1 saturated carbocycles. The quantitative estimate of drug-likeness (QED) is 0.202. The van der Waals surface area contributed by atoms with Crippen LogP contribution in [0.15, 0.2) is 91.5 Å². The van der Waals surface area contributed by atoms with Crippen molar-refractivity contribution in [2.45, 2.75) is 83.0 Å². The first-order chi connectivity index (χ1) is 18.1. The van der Waals surface area contributed by atoms with E-state index in [1.807, 2.05) is 24.3 Å². The number of aliphatic hydroxyl groups is 1. The molecule has 3 aromatic carbocycles. The van der Waals surface area contributed by atoms with Gasteiger partial charge in [0.1, 0.15) is 18.1 Å². The standard InChI is InChI=1S/C34H42O3/c1-3-12-29-19-11-20-30(35)23-33(29)32-22-21-31(24-34(32)36-25-28-16-8-5-9-17-28)37-26(2)13-10-18-27-14-6-4-7-15-27/h3-9,14-17,21-22,24,26,29-30,33,35H,1,10-13,18-20,23,25H2,2H3. The zero-order valence-corrected chi connectivity index (χ0v) is 22.2. The summed E-state index contributed by atoms with van der Waals surface area (Å²) < 4.78 is 12.8. The maximum absolute atomic E-state index is 10.7. The van der Waals surface area contributed by atoms with Crippen LogP contribution in [-0.4, -0.2) is 17.3 Å². The molecule has 3 nitrogen and oxygen atoms in total. The third-order valence-corrected chi connectivity index (χ3v) is 7.55. The van der Waals surface area contributed by atoms with Gasteiger partial charge in [-0.05, 0) is 86.5 Å². The number of ether oxygens (including phenoxy) is 2. The Hall–Kier alpha value is -3.04. The first kappa shape index (κ1) is 27.0. The van der Waals surface area contributed by atoms with Crippen molar-refractivity contribution >= 4 is 0 Å². The minimum atomic E-state index is -0.276. The minimum Gasteiger partial charge on any atom is -0.491 e. The summed E-state index contributed by atoms with van der Waals surface area (Å²) in [5.41, 5.74) is 3.68. The molecule has 0 heterocycles. The van der Waals surface area contributed by atoms with Crippen molar-refractivity contribution in [1.29, 1.82) is 0 Å². The summed E-state index contributed by atoms with van der Waals surface area (Å²) in [4.78, 5) is 0. The first-order valence-electron chi connectivity index (χ1n) is 13.9. The lowest BCUT2D eigenvalue weighted by Crippen LogP contribution is -2.17. The van der Waals surface area contributed by atoms with Crippen molar-refractivity contribution in [3.8, 4) is 11.5 Å². The van der Waals surface area contributed by atoms with Gasteiger partial charge in [-0.25, -0.2) is 0 Å². The number of benzene rings is 3. The Balaban J connectivity index is 1.50. The normalized spacial score (nSPS) is 20.5. The van der Waals surface area contributed by atoms with Gasteiger partial charge in [0.25, 0.3) is 0 Å². The number of rotatable bonds is 12. The molecule has 0 radical (unpaired) electrons. The Bertz CT molecular complexity index is 1080. The zero-order valence-electron chi connectivity index (χ0n) is 22.2. The molecule has 1 aliphatic carbocycles. The largest absolute Gasteiger partial charge is 0.491 e. The van der Waals surface area contributed by atoms with E-state index in [2.05, 4.69) is 74.2 Å². The highest BCUT2D eigenvalue weighted by Crippen LogP contribution is 2.43. The van der Waals surface area contributed by atoms with Crippen molar-refractivity contribution in [3.63, 3.8) is 0 Å². The molecule has 0 saturated heterocycles. The lowest BCUT2D eigenvalue weighted by Gasteiger charge is -2.28. The second kappa shape index (κ2) is 14.0. The molecule has 196 valence electrons. The molecule has 1 N–H and O–H groups in total. The highest BCUT2D eigenvalue weighted by atomic mass is 16.5. The second-order valence-corrected chi connectivity index (χ2v) is 10.5. The number of aryl methyl sites for hydroxylation is 1. The predicted molar refractivity (Wildman–Crippen MR) is 152 cm³/mol. The van der Waals surface area contributed by atoms with Gasteiger partial charge in [0.05, 0.1) is 12.2 Å². The molecular weight excluding hydrogens is 456 g/mol. The van der Waals surface area contributed by atoms with Gasteiger partial charge in [0.2, 0.25) is 0 Å². The fraction of sp³-hybridized carbons (Fsp3) is 0.412. The molecule has 3 aromatic rings. The van der Waals surface area contributed by atoms with Gasteiger partial charge < -0.3 is 14.6 Å². The summed E-state index contributed by atoms with van der Waals surface area (Å²) in [5, 5.41) is 10.7. The molecule has 0 aliphatic heterocycles. The molecule has 0 spiro atoms. The molecule has 37 heavy (non-hydrogen) atoms. The van der Waals surface area contributed by atoms with E-state index in [1.165, 1.54) is 11.1 Å². The lowest BCUT2D eigenvalue weighted by atomic mass is 9.80. The smallest absolute Gasteiger partial charge is 0.126 e. The van der Waals surface area contributed by atoms with Gasteiger partial charge in [0, 0.05) is 6.07 Å². The third kappa shape index (κ3) is 8.23. The fourth-order valence-electron chi connectivity index (χ4n) is 5.58. The molecule has 4 unspecified atom stereocenters. The SMILES string of the molecule is C=CCC1CCCC(O)CC1c1ccc(OC(C)CCCc2ccccc2)cc1OCc1ccccc1. The predicted octanol–water partition coefficient (Wildman–Crippen LogP) is 8.27. The van der Waals surface area contributed by atoms with Crippen molar-refractivity contribution in [2.75, 3.05) is 0 Å². The number of aliphatic hydroxyl groups excluding tert-OH is 1. The summed E-state index contributed by atoms with van der Waals surface area (Å²) in [6.45, 7) is 6.66. The van der Waals surface area contributed by atoms with E-state index >= 15 is 0 Å². The average molecular weight is 499 g/mol. The lowest BCUT2D eigenvalue weighted by molar-refractivity contribution is 0.147. The van der Waals surface area contributed by atoms with Crippen LogP contribution in [0, 0.1) is 5.92 Å². The first-order valence-corrected chi connectivity index (χ1v) is 13.9. The van der Waals surface area contributed by atoms with Crippen LogP contribution in [0.5, 0.6) is 11.5 Å². The Morgan fingerprint density at radius 3 is 2.43 bits per heavy atom. The Labute approximate surface area is 223 Å². The van der Waals surface area contributed by atoms with E-state index in [9.17, 15) is 5.11 Å². The molecule has 4 rings (SSSR count). The van der Waals surface area contributed by atoms with Crippen LogP contribution in [0.3, 0.4) is 0 Å². The highest BCUT2D eigenvalue weighted by molar-refractivity contribution is 5.43. The summed E-state index contributed by atoms with van der Waals surface area (Å²) >= 11 is 0. The van der Waals surface area contributed by atoms with E-state index in [0.29, 0.717) is 12.5 Å². The maximum Gasteiger partial charge on any atom is 0.126 e. The van der Waals surface area contributed by atoms with Crippen molar-refractivity contribution < 1.29 is 14.6 Å². The van der Waals surface area contributed by atoms with Gasteiger partial charge in [-0.3, -0.25) is 0 Å². The Morgan fingerprint density at radius 2 is 1.70 bits per heavy atom. The van der Waals surface area contributed by atoms with Gasteiger partial charge in [-0.1, -0.05) is 79.2 Å². The van der Waals surface area contributed by atoms with Crippen molar-refractivity contribution in [3.05, 3.63) is 108 Å². The molecule has 1 fully saturated rings. The summed E-state index contributed by atoms with van der Waals surface area (Å²) in [6, 6.07) is 27.2. The van der Waals surface area contributed by atoms with Crippen molar-refractivity contribution in [1.82, 2.24) is 0 Å². The fourth-order valence-corrected chi connectivity index (χ4v) is 5.58. The topological polar surface area (TPSA) is 38.7 Å². The van der Waals surface area contributed by atoms with Gasteiger partial charge >= 0.3 is 0 Å². The Morgan fingerprint density at radius 1 is 0.973 bits per heavy atom. The summed E-state index contributed by atoms with van der Waals surface area (Å²) in [5.74, 6) is 2.40. The van der Waals surface area contributed by atoms with E-state index in [-0.39, 0.29) is 18.1 Å². The monoisotopic (exact) mass is 498 g/mol. The number of hydrogen-bond donors (Lipinski definition) is 1. The maximum atomic E-state index is 10.7. The molecule has 0 bridgehead atoms. The van der Waals surface area contributed by atoms with E-state index in [4.69, 9.17) is 9.47 Å².